The monoisotopic (exact) mass is 424 g/mol. The predicted octanol–water partition coefficient (Wildman–Crippen LogP) is 3.75. The van der Waals surface area contributed by atoms with Gasteiger partial charge in [0.2, 0.25) is 5.91 Å². The Hall–Kier alpha value is -3.66. The fourth-order valence-corrected chi connectivity index (χ4v) is 3.77. The average Bonchev–Trinajstić information content (AvgIpc) is 3.25. The number of aryl methyl sites for hydroxylation is 2. The lowest BCUT2D eigenvalue weighted by Crippen LogP contribution is -2.12. The number of aromatic nitrogens is 4. The molecule has 4 aromatic rings. The molecule has 152 valence electrons. The molecule has 1 aromatic carbocycles. The lowest BCUT2D eigenvalue weighted by molar-refractivity contribution is -0.114. The van der Waals surface area contributed by atoms with Crippen LogP contribution in [0.25, 0.3) is 22.3 Å². The molecule has 0 atom stereocenters. The first-order valence-electron chi connectivity index (χ1n) is 8.95. The van der Waals surface area contributed by atoms with Crippen LogP contribution < -0.4 is 10.6 Å². The number of hydrogen-bond donors (Lipinski definition) is 2. The third-order valence-corrected chi connectivity index (χ3v) is 5.17. The van der Waals surface area contributed by atoms with Gasteiger partial charge in [-0.3, -0.25) is 19.6 Å². The van der Waals surface area contributed by atoms with Crippen molar-refractivity contribution in [2.24, 2.45) is 7.05 Å². The third kappa shape index (κ3) is 3.77. The number of nitrogens with zero attached hydrogens (tertiary/aromatic N) is 4. The highest BCUT2D eigenvalue weighted by Gasteiger charge is 2.15. The van der Waals surface area contributed by atoms with Gasteiger partial charge in [0.05, 0.1) is 17.0 Å². The molecule has 3 aromatic heterocycles. The predicted molar refractivity (Wildman–Crippen MR) is 113 cm³/mol. The molecule has 0 radical (unpaired) electrons. The molecule has 0 aliphatic rings. The first-order chi connectivity index (χ1) is 14.3. The van der Waals surface area contributed by atoms with Crippen LogP contribution in [0.1, 0.15) is 23.0 Å². The number of fused-ring (bicyclic) bond motifs is 1. The normalized spacial score (nSPS) is 10.9. The molecule has 0 bridgehead atoms. The smallest absolute Gasteiger partial charge is 0.259 e. The third-order valence-electron chi connectivity index (χ3n) is 4.42. The van der Waals surface area contributed by atoms with E-state index in [-0.39, 0.29) is 17.4 Å². The number of benzene rings is 1. The van der Waals surface area contributed by atoms with Gasteiger partial charge in [-0.2, -0.15) is 5.10 Å². The number of nitrogens with one attached hydrogen (secondary N) is 2. The van der Waals surface area contributed by atoms with E-state index < -0.39 is 5.82 Å². The van der Waals surface area contributed by atoms with Crippen LogP contribution in [0.2, 0.25) is 0 Å². The minimum Gasteiger partial charge on any atom is -0.326 e. The summed E-state index contributed by atoms with van der Waals surface area (Å²) in [5.74, 6) is -1.17. The molecule has 0 saturated heterocycles. The van der Waals surface area contributed by atoms with Gasteiger partial charge in [0.1, 0.15) is 5.82 Å². The second-order valence-corrected chi connectivity index (χ2v) is 7.53. The molecule has 2 N–H and O–H groups in total. The largest absolute Gasteiger partial charge is 0.326 e. The van der Waals surface area contributed by atoms with Gasteiger partial charge in [0, 0.05) is 42.2 Å². The number of halogens is 1. The topological polar surface area (TPSA) is 102 Å². The molecule has 3 heterocycles. The summed E-state index contributed by atoms with van der Waals surface area (Å²) >= 11 is 1.19. The molecule has 0 aliphatic carbocycles. The maximum atomic E-state index is 14.4. The van der Waals surface area contributed by atoms with Gasteiger partial charge in [0.25, 0.3) is 5.91 Å². The van der Waals surface area contributed by atoms with E-state index >= 15 is 0 Å². The number of rotatable bonds is 4. The molecule has 0 spiro atoms. The molecule has 10 heteroatoms. The van der Waals surface area contributed by atoms with Crippen LogP contribution in [0.3, 0.4) is 0 Å². The Kier molecular flexibility index (Phi) is 5.00. The quantitative estimate of drug-likeness (QED) is 0.520. The Labute approximate surface area is 174 Å². The van der Waals surface area contributed by atoms with Crippen molar-refractivity contribution in [3.63, 3.8) is 0 Å². The molecule has 8 nitrogen and oxygen atoms in total. The molecule has 0 fully saturated rings. The molecule has 0 unspecified atom stereocenters. The number of hydrogen-bond acceptors (Lipinski definition) is 6. The number of thiazole rings is 1. The van der Waals surface area contributed by atoms with E-state index in [1.165, 1.54) is 36.6 Å². The number of carbonyl (C=O) groups excluding carboxylic acids is 2. The summed E-state index contributed by atoms with van der Waals surface area (Å²) in [6.07, 6.45) is 1.48. The Morgan fingerprint density at radius 3 is 2.73 bits per heavy atom. The van der Waals surface area contributed by atoms with Crippen molar-refractivity contribution in [2.45, 2.75) is 13.8 Å². The Morgan fingerprint density at radius 2 is 2.00 bits per heavy atom. The van der Waals surface area contributed by atoms with E-state index in [1.54, 1.807) is 29.2 Å². The van der Waals surface area contributed by atoms with Crippen molar-refractivity contribution in [3.05, 3.63) is 52.9 Å². The van der Waals surface area contributed by atoms with Crippen molar-refractivity contribution in [1.29, 1.82) is 0 Å². The lowest BCUT2D eigenvalue weighted by atomic mass is 10.1. The van der Waals surface area contributed by atoms with Crippen molar-refractivity contribution in [1.82, 2.24) is 19.7 Å². The van der Waals surface area contributed by atoms with E-state index in [0.29, 0.717) is 27.7 Å². The first kappa shape index (κ1) is 19.6. The maximum Gasteiger partial charge on any atom is 0.259 e. The second-order valence-electron chi connectivity index (χ2n) is 6.67. The maximum absolute atomic E-state index is 14.4. The summed E-state index contributed by atoms with van der Waals surface area (Å²) in [5.41, 5.74) is 2.87. The van der Waals surface area contributed by atoms with Crippen LogP contribution in [0, 0.1) is 12.7 Å². The van der Waals surface area contributed by atoms with E-state index in [1.807, 2.05) is 6.92 Å². The van der Waals surface area contributed by atoms with Crippen LogP contribution in [-0.2, 0) is 11.8 Å². The zero-order chi connectivity index (χ0) is 21.4. The first-order valence-corrected chi connectivity index (χ1v) is 9.83. The standard InChI is InChI=1S/C20H17FN6O2S/c1-10-15-6-12(8-22-18(15)27(3)26-10)19(29)25-20-24-17(9-30-20)14-5-4-13(7-16(14)21)23-11(2)28/h4-9H,1-3H3,(H,23,28)(H,24,25,29). The van der Waals surface area contributed by atoms with E-state index in [0.717, 1.165) is 11.1 Å². The fraction of sp³-hybridized carbons (Fsp3) is 0.150. The van der Waals surface area contributed by atoms with Gasteiger partial charge in [-0.15, -0.1) is 11.3 Å². The molecule has 0 aliphatic heterocycles. The lowest BCUT2D eigenvalue weighted by Gasteiger charge is -2.05. The summed E-state index contributed by atoms with van der Waals surface area (Å²) in [5, 5.41) is 12.3. The summed E-state index contributed by atoms with van der Waals surface area (Å²) in [6.45, 7) is 3.20. The Bertz CT molecular complexity index is 1300. The summed E-state index contributed by atoms with van der Waals surface area (Å²) in [6, 6.07) is 6.08. The van der Waals surface area contributed by atoms with E-state index in [4.69, 9.17) is 0 Å². The van der Waals surface area contributed by atoms with Gasteiger partial charge in [-0.1, -0.05) is 0 Å². The Balaban J connectivity index is 1.54. The van der Waals surface area contributed by atoms with Crippen LogP contribution in [0.15, 0.2) is 35.8 Å². The van der Waals surface area contributed by atoms with Gasteiger partial charge < -0.3 is 5.32 Å². The second kappa shape index (κ2) is 7.64. The zero-order valence-corrected chi connectivity index (χ0v) is 17.2. The molecule has 2 amide bonds. The van der Waals surface area contributed by atoms with Crippen molar-refractivity contribution < 1.29 is 14.0 Å². The van der Waals surface area contributed by atoms with Gasteiger partial charge in [-0.05, 0) is 31.2 Å². The van der Waals surface area contributed by atoms with Crippen molar-refractivity contribution >= 4 is 45.0 Å². The average molecular weight is 424 g/mol. The van der Waals surface area contributed by atoms with Crippen molar-refractivity contribution in [3.8, 4) is 11.3 Å². The minimum absolute atomic E-state index is 0.273. The highest BCUT2D eigenvalue weighted by molar-refractivity contribution is 7.14. The van der Waals surface area contributed by atoms with Gasteiger partial charge in [0.15, 0.2) is 10.8 Å². The fourth-order valence-electron chi connectivity index (χ4n) is 3.06. The minimum atomic E-state index is -0.522. The van der Waals surface area contributed by atoms with Crippen molar-refractivity contribution in [2.75, 3.05) is 10.6 Å². The van der Waals surface area contributed by atoms with Gasteiger partial charge >= 0.3 is 0 Å². The SMILES string of the molecule is CC(=O)Nc1ccc(-c2csc(NC(=O)c3cnc4c(c3)c(C)nn4C)n2)c(F)c1. The van der Waals surface area contributed by atoms with Crippen LogP contribution in [0.4, 0.5) is 15.2 Å². The van der Waals surface area contributed by atoms with Crippen LogP contribution >= 0.6 is 11.3 Å². The Morgan fingerprint density at radius 1 is 1.20 bits per heavy atom. The van der Waals surface area contributed by atoms with Crippen LogP contribution in [0.5, 0.6) is 0 Å². The molecule has 0 saturated carbocycles. The van der Waals surface area contributed by atoms with E-state index in [9.17, 15) is 14.0 Å². The summed E-state index contributed by atoms with van der Waals surface area (Å²) in [4.78, 5) is 32.3. The highest BCUT2D eigenvalue weighted by Crippen LogP contribution is 2.29. The highest BCUT2D eigenvalue weighted by atomic mass is 32.1. The number of amides is 2. The molecular weight excluding hydrogens is 407 g/mol. The summed E-state index contributed by atoms with van der Waals surface area (Å²) < 4.78 is 16.1. The number of anilines is 2. The number of carbonyl (C=O) groups is 2. The van der Waals surface area contributed by atoms with E-state index in [2.05, 4.69) is 25.7 Å². The van der Waals surface area contributed by atoms with Gasteiger partial charge in [-0.25, -0.2) is 14.4 Å². The molecule has 30 heavy (non-hydrogen) atoms. The number of pyridine rings is 1. The zero-order valence-electron chi connectivity index (χ0n) is 16.4. The van der Waals surface area contributed by atoms with Crippen LogP contribution in [-0.4, -0.2) is 31.6 Å². The molecule has 4 rings (SSSR count). The molecular formula is C20H17FN6O2S. The summed E-state index contributed by atoms with van der Waals surface area (Å²) in [7, 11) is 1.79.